The number of rotatable bonds is 5. The Bertz CT molecular complexity index is 764. The van der Waals surface area contributed by atoms with Crippen LogP contribution in [-0.4, -0.2) is 51.1 Å². The number of piperidine rings is 1. The van der Waals surface area contributed by atoms with Crippen LogP contribution in [0.25, 0.3) is 0 Å². The molecule has 2 aromatic rings. The van der Waals surface area contributed by atoms with E-state index in [2.05, 4.69) is 34.3 Å². The van der Waals surface area contributed by atoms with Crippen molar-refractivity contribution in [2.24, 2.45) is 5.92 Å². The molecule has 3 heterocycles. The summed E-state index contributed by atoms with van der Waals surface area (Å²) in [5.41, 5.74) is 0.664. The number of aromatic nitrogens is 3. The number of ether oxygens (including phenoxy) is 1. The molecule has 1 saturated heterocycles. The van der Waals surface area contributed by atoms with Crippen molar-refractivity contribution in [2.75, 3.05) is 25.5 Å². The van der Waals surface area contributed by atoms with Crippen LogP contribution in [0.1, 0.15) is 26.7 Å². The highest BCUT2D eigenvalue weighted by atomic mass is 32.2. The number of methoxy groups -OCH3 is 1. The molecule has 2 aromatic heterocycles. The maximum Gasteiger partial charge on any atom is 0.321 e. The monoisotopic (exact) mass is 387 g/mol. The highest BCUT2D eigenvalue weighted by molar-refractivity contribution is 8.00. The Morgan fingerprint density at radius 1 is 1.26 bits per heavy atom. The predicted molar refractivity (Wildman–Crippen MR) is 106 cm³/mol. The van der Waals surface area contributed by atoms with Gasteiger partial charge in [-0.05, 0) is 37.0 Å². The molecule has 1 aliphatic rings. The maximum absolute atomic E-state index is 12.4. The Hall–Kier alpha value is -2.35. The van der Waals surface area contributed by atoms with Gasteiger partial charge in [0.25, 0.3) is 0 Å². The second-order valence-electron chi connectivity index (χ2n) is 7.04. The van der Waals surface area contributed by atoms with E-state index in [9.17, 15) is 4.79 Å². The summed E-state index contributed by atoms with van der Waals surface area (Å²) in [7, 11) is 1.65. The highest BCUT2D eigenvalue weighted by Gasteiger charge is 2.35. The van der Waals surface area contributed by atoms with Crippen molar-refractivity contribution in [2.45, 2.75) is 36.3 Å². The van der Waals surface area contributed by atoms with Gasteiger partial charge in [0.15, 0.2) is 0 Å². The standard InChI is InChI=1S/C19H25N5O2S/c1-19(2,27-16-5-4-9-20-17(16)26-3)14-7-11-24(12-8-14)18(25)23-15-6-10-21-22-13-15/h4-6,9-10,13-14H,7-8,11-12H2,1-3H3,(H,21,23,25). The molecule has 3 rings (SSSR count). The number of carbonyl (C=O) groups is 1. The van der Waals surface area contributed by atoms with Crippen LogP contribution < -0.4 is 10.1 Å². The Balaban J connectivity index is 1.56. The molecule has 0 atom stereocenters. The zero-order valence-electron chi connectivity index (χ0n) is 15.9. The van der Waals surface area contributed by atoms with Crippen LogP contribution in [0.3, 0.4) is 0 Å². The van der Waals surface area contributed by atoms with Gasteiger partial charge in [-0.2, -0.15) is 10.2 Å². The van der Waals surface area contributed by atoms with Crippen LogP contribution in [0.2, 0.25) is 0 Å². The summed E-state index contributed by atoms with van der Waals surface area (Å²) in [5, 5.41) is 10.4. The fourth-order valence-electron chi connectivity index (χ4n) is 3.32. The van der Waals surface area contributed by atoms with Gasteiger partial charge < -0.3 is 15.0 Å². The molecule has 0 aliphatic carbocycles. The predicted octanol–water partition coefficient (Wildman–Crippen LogP) is 3.70. The van der Waals surface area contributed by atoms with E-state index < -0.39 is 0 Å². The zero-order chi connectivity index (χ0) is 19.3. The Morgan fingerprint density at radius 2 is 2.04 bits per heavy atom. The van der Waals surface area contributed by atoms with E-state index in [1.807, 2.05) is 17.0 Å². The third-order valence-corrected chi connectivity index (χ3v) is 6.29. The molecule has 8 heteroatoms. The lowest BCUT2D eigenvalue weighted by atomic mass is 9.86. The van der Waals surface area contributed by atoms with Gasteiger partial charge in [-0.1, -0.05) is 13.8 Å². The lowest BCUT2D eigenvalue weighted by molar-refractivity contribution is 0.173. The second kappa shape index (κ2) is 8.56. The molecule has 2 amide bonds. The van der Waals surface area contributed by atoms with Gasteiger partial charge in [-0.25, -0.2) is 9.78 Å². The number of carbonyl (C=O) groups excluding carboxylic acids is 1. The first kappa shape index (κ1) is 19.4. The largest absolute Gasteiger partial charge is 0.480 e. The molecule has 0 saturated carbocycles. The summed E-state index contributed by atoms with van der Waals surface area (Å²) in [5.74, 6) is 1.16. The van der Waals surface area contributed by atoms with Crippen molar-refractivity contribution < 1.29 is 9.53 Å². The normalized spacial score (nSPS) is 15.4. The van der Waals surface area contributed by atoms with Gasteiger partial charge in [0.05, 0.1) is 30.1 Å². The fourth-order valence-corrected chi connectivity index (χ4v) is 4.66. The molecule has 0 radical (unpaired) electrons. The Labute approximate surface area is 163 Å². The Kier molecular flexibility index (Phi) is 6.15. The number of nitrogens with one attached hydrogen (secondary N) is 1. The maximum atomic E-state index is 12.4. The van der Waals surface area contributed by atoms with Gasteiger partial charge in [-0.15, -0.1) is 11.8 Å². The van der Waals surface area contributed by atoms with Crippen molar-refractivity contribution in [3.8, 4) is 5.88 Å². The minimum Gasteiger partial charge on any atom is -0.480 e. The number of likely N-dealkylation sites (tertiary alicyclic amines) is 1. The number of hydrogen-bond donors (Lipinski definition) is 1. The topological polar surface area (TPSA) is 80.2 Å². The van der Waals surface area contributed by atoms with Crippen LogP contribution in [0.15, 0.2) is 41.7 Å². The third-order valence-electron chi connectivity index (χ3n) is 4.90. The average Bonchev–Trinajstić information content (AvgIpc) is 2.69. The number of pyridine rings is 1. The third kappa shape index (κ3) is 4.88. The highest BCUT2D eigenvalue weighted by Crippen LogP contribution is 2.44. The molecule has 0 aromatic carbocycles. The first-order valence-corrected chi connectivity index (χ1v) is 9.82. The first-order valence-electron chi connectivity index (χ1n) is 9.00. The molecule has 27 heavy (non-hydrogen) atoms. The molecule has 1 N–H and O–H groups in total. The van der Waals surface area contributed by atoms with E-state index in [0.29, 0.717) is 17.5 Å². The van der Waals surface area contributed by atoms with Crippen LogP contribution >= 0.6 is 11.8 Å². The first-order chi connectivity index (χ1) is 13.0. The number of nitrogens with zero attached hydrogens (tertiary/aromatic N) is 4. The van der Waals surface area contributed by atoms with Crippen LogP contribution in [0, 0.1) is 5.92 Å². The molecule has 1 fully saturated rings. The van der Waals surface area contributed by atoms with E-state index >= 15 is 0 Å². The lowest BCUT2D eigenvalue weighted by Gasteiger charge is -2.40. The number of hydrogen-bond acceptors (Lipinski definition) is 6. The number of amides is 2. The van der Waals surface area contributed by atoms with Gasteiger partial charge in [-0.3, -0.25) is 0 Å². The van der Waals surface area contributed by atoms with E-state index in [-0.39, 0.29) is 10.8 Å². The molecule has 1 aliphatic heterocycles. The smallest absolute Gasteiger partial charge is 0.321 e. The van der Waals surface area contributed by atoms with Crippen LogP contribution in [0.4, 0.5) is 10.5 Å². The van der Waals surface area contributed by atoms with E-state index in [4.69, 9.17) is 4.74 Å². The fraction of sp³-hybridized carbons (Fsp3) is 0.474. The van der Waals surface area contributed by atoms with Crippen LogP contribution in [-0.2, 0) is 0 Å². The second-order valence-corrected chi connectivity index (χ2v) is 8.74. The summed E-state index contributed by atoms with van der Waals surface area (Å²) < 4.78 is 5.40. The van der Waals surface area contributed by atoms with Crippen molar-refractivity contribution in [1.29, 1.82) is 0 Å². The molecule has 7 nitrogen and oxygen atoms in total. The van der Waals surface area contributed by atoms with Crippen molar-refractivity contribution in [1.82, 2.24) is 20.1 Å². The Morgan fingerprint density at radius 3 is 2.70 bits per heavy atom. The molecular weight excluding hydrogens is 362 g/mol. The summed E-state index contributed by atoms with van der Waals surface area (Å²) >= 11 is 1.79. The summed E-state index contributed by atoms with van der Waals surface area (Å²) in [4.78, 5) is 19.6. The van der Waals surface area contributed by atoms with Gasteiger partial charge in [0.1, 0.15) is 0 Å². The van der Waals surface area contributed by atoms with Gasteiger partial charge in [0.2, 0.25) is 5.88 Å². The van der Waals surface area contributed by atoms with Gasteiger partial charge in [0, 0.05) is 24.0 Å². The minimum absolute atomic E-state index is 0.0217. The SMILES string of the molecule is COc1ncccc1SC(C)(C)C1CCN(C(=O)Nc2ccnnc2)CC1. The molecule has 0 bridgehead atoms. The van der Waals surface area contributed by atoms with Crippen molar-refractivity contribution in [3.63, 3.8) is 0 Å². The summed E-state index contributed by atoms with van der Waals surface area (Å²) in [6.07, 6.45) is 6.78. The minimum atomic E-state index is -0.0826. The molecule has 144 valence electrons. The van der Waals surface area contributed by atoms with Crippen LogP contribution in [0.5, 0.6) is 5.88 Å². The summed E-state index contributed by atoms with van der Waals surface area (Å²) in [6.45, 7) is 5.99. The van der Waals surface area contributed by atoms with E-state index in [1.54, 1.807) is 43.5 Å². The lowest BCUT2D eigenvalue weighted by Crippen LogP contribution is -2.44. The number of thioether (sulfide) groups is 1. The van der Waals surface area contributed by atoms with E-state index in [1.165, 1.54) is 0 Å². The molecule has 0 unspecified atom stereocenters. The molecule has 0 spiro atoms. The van der Waals surface area contributed by atoms with Gasteiger partial charge >= 0.3 is 6.03 Å². The van der Waals surface area contributed by atoms with Crippen molar-refractivity contribution in [3.05, 3.63) is 36.8 Å². The quantitative estimate of drug-likeness (QED) is 0.788. The zero-order valence-corrected chi connectivity index (χ0v) is 16.7. The number of anilines is 1. The van der Waals surface area contributed by atoms with E-state index in [0.717, 1.165) is 30.8 Å². The molecular formula is C19H25N5O2S. The number of urea groups is 1. The summed E-state index contributed by atoms with van der Waals surface area (Å²) in [6, 6.07) is 5.63. The van der Waals surface area contributed by atoms with Crippen molar-refractivity contribution >= 4 is 23.5 Å². The average molecular weight is 388 g/mol.